The molecule has 82 heavy (non-hydrogen) atoms. The molecule has 0 saturated heterocycles. The topological polar surface area (TPSA) is 210 Å². The summed E-state index contributed by atoms with van der Waals surface area (Å²) in [5.41, 5.74) is 30.1. The molecule has 0 amide bonds. The largest absolute Gasteiger partial charge is 0.457 e. The van der Waals surface area contributed by atoms with E-state index in [0.717, 1.165) is 21.5 Å². The number of hydrogen-bond donors (Lipinski definition) is 4. The highest BCUT2D eigenvalue weighted by molar-refractivity contribution is 6.45. The molecule has 17 aromatic rings. The monoisotopic (exact) mass is 1060 g/mol. The zero-order chi connectivity index (χ0) is 54.8. The number of benzene rings is 13. The second kappa shape index (κ2) is 16.5. The molecule has 14 nitrogen and oxygen atoms in total. The molecular weight excluding hydrogens is 1020 g/mol. The maximum absolute atomic E-state index is 15.9. The molecule has 0 spiro atoms. The predicted octanol–water partition coefficient (Wildman–Crippen LogP) is 15.0. The first kappa shape index (κ1) is 45.4. The molecule has 0 fully saturated rings. The van der Waals surface area contributed by atoms with Gasteiger partial charge >= 0.3 is 0 Å². The number of imidazole rings is 2. The van der Waals surface area contributed by atoms with Crippen LogP contribution >= 0.6 is 0 Å². The molecular formula is C68H40N8O6. The summed E-state index contributed by atoms with van der Waals surface area (Å²) in [5, 5.41) is 10.2. The third kappa shape index (κ3) is 6.51. The van der Waals surface area contributed by atoms with E-state index in [2.05, 4.69) is 0 Å². The van der Waals surface area contributed by atoms with Crippen molar-refractivity contribution in [2.24, 2.45) is 0 Å². The second-order valence-electron chi connectivity index (χ2n) is 20.9. The number of nitrogens with zero attached hydrogens (tertiary/aromatic N) is 4. The summed E-state index contributed by atoms with van der Waals surface area (Å²) < 4.78 is 32.2. The first-order valence-corrected chi connectivity index (χ1v) is 26.5. The Bertz CT molecular complexity index is 5340. The van der Waals surface area contributed by atoms with Crippen LogP contribution in [0, 0.1) is 0 Å². The highest BCUT2D eigenvalue weighted by Crippen LogP contribution is 2.58. The van der Waals surface area contributed by atoms with Crippen molar-refractivity contribution in [2.75, 3.05) is 22.9 Å². The molecule has 0 atom stereocenters. The standard InChI is InChI=1S/C68H40N8O6/c69-37-9-17-41(18-10-37)79-53-29-45-57-47(67(77)75-51-27-35-7-3-1-5-33(35)25-49(51)73-65(45)75)31-55(81-43-21-13-39(71)14-22-43)61-60-54(80-42-19-11-38(70)12-20-42)30-46-58-48(68(78)76-52-28-36-8-4-2-6-34(36)26-50(52)74-66(46)76)32-56(62(64(58)60)59(53)63(57)61)82-44-23-15-40(72)16-24-44/h1-32H,69-72H2. The number of nitrogens with two attached hydrogens (primary N) is 4. The van der Waals surface area contributed by atoms with Crippen molar-refractivity contribution in [1.29, 1.82) is 0 Å². The maximum atomic E-state index is 15.9. The summed E-state index contributed by atoms with van der Waals surface area (Å²) in [6, 6.07) is 59.9. The van der Waals surface area contributed by atoms with Gasteiger partial charge in [0.25, 0.3) is 11.1 Å². The quantitative estimate of drug-likeness (QED) is 0.0636. The van der Waals surface area contributed by atoms with Gasteiger partial charge in [-0.25, -0.2) is 9.97 Å². The van der Waals surface area contributed by atoms with Crippen LogP contribution in [-0.2, 0) is 0 Å². The lowest BCUT2D eigenvalue weighted by molar-refractivity contribution is 0.483. The van der Waals surface area contributed by atoms with Crippen LogP contribution in [-0.4, -0.2) is 18.8 Å². The number of pyridine rings is 2. The Balaban J connectivity index is 1.15. The molecule has 0 aliphatic heterocycles. The van der Waals surface area contributed by atoms with Gasteiger partial charge in [-0.05, 0) is 167 Å². The van der Waals surface area contributed by atoms with Gasteiger partial charge in [-0.15, -0.1) is 0 Å². The van der Waals surface area contributed by atoms with Crippen molar-refractivity contribution < 1.29 is 18.9 Å². The van der Waals surface area contributed by atoms with E-state index in [0.29, 0.717) is 167 Å². The van der Waals surface area contributed by atoms with E-state index in [4.69, 9.17) is 51.9 Å². The Morgan fingerprint density at radius 3 is 0.890 bits per heavy atom. The SMILES string of the molecule is Nc1ccc(Oc2cc3c(=O)n4c5cc6ccccc6cc5nc4c4cc(Oc5ccc(N)cc5)c5c6c(Oc7ccc(N)cc7)cc7c(=O)n8c9cc%10ccccc%10cc9nc8c8cc(Oc9ccc(N)cc9)c(c2c5c34)c6c78)cc1. The highest BCUT2D eigenvalue weighted by Gasteiger charge is 2.33. The van der Waals surface area contributed by atoms with Crippen molar-refractivity contribution in [3.63, 3.8) is 0 Å². The number of rotatable bonds is 8. The summed E-state index contributed by atoms with van der Waals surface area (Å²) in [7, 11) is 0. The Hall–Kier alpha value is -11.6. The van der Waals surface area contributed by atoms with Crippen molar-refractivity contribution in [3.05, 3.63) is 215 Å². The Kier molecular flexibility index (Phi) is 9.11. The Labute approximate surface area is 461 Å². The average molecular weight is 1070 g/mol. The minimum Gasteiger partial charge on any atom is -0.457 e. The van der Waals surface area contributed by atoms with E-state index in [1.165, 1.54) is 0 Å². The molecule has 13 aromatic carbocycles. The number of fused-ring (bicyclic) bond motifs is 12. The van der Waals surface area contributed by atoms with Crippen LogP contribution in [0.1, 0.15) is 0 Å². The molecule has 0 saturated carbocycles. The number of aromatic nitrogens is 4. The molecule has 0 aliphatic carbocycles. The molecule has 17 rings (SSSR count). The molecule has 0 radical (unpaired) electrons. The van der Waals surface area contributed by atoms with E-state index in [9.17, 15) is 0 Å². The van der Waals surface area contributed by atoms with Gasteiger partial charge in [0, 0.05) is 76.6 Å². The zero-order valence-corrected chi connectivity index (χ0v) is 43.0. The van der Waals surface area contributed by atoms with Gasteiger partial charge in [-0.1, -0.05) is 48.5 Å². The van der Waals surface area contributed by atoms with Crippen LogP contribution in [0.3, 0.4) is 0 Å². The minimum absolute atomic E-state index is 0.298. The van der Waals surface area contributed by atoms with Crippen LogP contribution < -0.4 is 53.0 Å². The fourth-order valence-electron chi connectivity index (χ4n) is 12.4. The number of nitrogen functional groups attached to an aromatic ring is 4. The van der Waals surface area contributed by atoms with Crippen LogP contribution in [0.4, 0.5) is 22.7 Å². The molecule has 4 heterocycles. The molecule has 0 unspecified atom stereocenters. The normalized spacial score (nSPS) is 12.2. The van der Waals surface area contributed by atoms with Gasteiger partial charge in [0.15, 0.2) is 0 Å². The summed E-state index contributed by atoms with van der Waals surface area (Å²) >= 11 is 0. The lowest BCUT2D eigenvalue weighted by Gasteiger charge is -2.25. The molecule has 4 aromatic heterocycles. The van der Waals surface area contributed by atoms with Crippen LogP contribution in [0.5, 0.6) is 46.0 Å². The Morgan fingerprint density at radius 2 is 0.585 bits per heavy atom. The van der Waals surface area contributed by atoms with E-state index in [1.807, 2.05) is 84.9 Å². The molecule has 388 valence electrons. The van der Waals surface area contributed by atoms with E-state index < -0.39 is 0 Å². The van der Waals surface area contributed by atoms with Gasteiger partial charge in [0.1, 0.15) is 57.3 Å². The van der Waals surface area contributed by atoms with Gasteiger partial charge in [0.2, 0.25) is 0 Å². The van der Waals surface area contributed by atoms with Crippen molar-refractivity contribution >= 4 is 142 Å². The summed E-state index contributed by atoms with van der Waals surface area (Å²) in [6.45, 7) is 0. The van der Waals surface area contributed by atoms with Gasteiger partial charge in [-0.2, -0.15) is 0 Å². The molecule has 0 bridgehead atoms. The first-order valence-electron chi connectivity index (χ1n) is 26.5. The highest BCUT2D eigenvalue weighted by atomic mass is 16.5. The maximum Gasteiger partial charge on any atom is 0.264 e. The van der Waals surface area contributed by atoms with Crippen LogP contribution in [0.15, 0.2) is 204 Å². The minimum atomic E-state index is -0.322. The van der Waals surface area contributed by atoms with Crippen molar-refractivity contribution in [3.8, 4) is 46.0 Å². The number of hydrogen-bond acceptors (Lipinski definition) is 12. The lowest BCUT2D eigenvalue weighted by atomic mass is 9.84. The third-order valence-corrected chi connectivity index (χ3v) is 16.0. The van der Waals surface area contributed by atoms with Crippen LogP contribution in [0.25, 0.3) is 120 Å². The van der Waals surface area contributed by atoms with E-state index in [-0.39, 0.29) is 11.1 Å². The number of ether oxygens (including phenoxy) is 4. The molecule has 8 N–H and O–H groups in total. The van der Waals surface area contributed by atoms with E-state index >= 15 is 9.59 Å². The fourth-order valence-corrected chi connectivity index (χ4v) is 12.4. The number of anilines is 4. The smallest absolute Gasteiger partial charge is 0.264 e. The predicted molar refractivity (Wildman–Crippen MR) is 329 cm³/mol. The Morgan fingerprint density at radius 1 is 0.305 bits per heavy atom. The van der Waals surface area contributed by atoms with Gasteiger partial charge < -0.3 is 41.9 Å². The molecule has 0 aliphatic rings. The lowest BCUT2D eigenvalue weighted by Crippen LogP contribution is -2.15. The first-order chi connectivity index (χ1) is 40.1. The summed E-state index contributed by atoms with van der Waals surface area (Å²) in [6.07, 6.45) is 0. The average Bonchev–Trinajstić information content (AvgIpc) is 1.47. The van der Waals surface area contributed by atoms with Crippen molar-refractivity contribution in [1.82, 2.24) is 18.8 Å². The van der Waals surface area contributed by atoms with Crippen molar-refractivity contribution in [2.45, 2.75) is 0 Å². The van der Waals surface area contributed by atoms with Gasteiger partial charge in [-0.3, -0.25) is 18.4 Å². The summed E-state index contributed by atoms with van der Waals surface area (Å²) in [5.74, 6) is 3.16. The van der Waals surface area contributed by atoms with Crippen LogP contribution in [0.2, 0.25) is 0 Å². The van der Waals surface area contributed by atoms with Gasteiger partial charge in [0.05, 0.1) is 32.8 Å². The third-order valence-electron chi connectivity index (χ3n) is 16.0. The summed E-state index contributed by atoms with van der Waals surface area (Å²) in [4.78, 5) is 42.5. The second-order valence-corrected chi connectivity index (χ2v) is 20.9. The zero-order valence-electron chi connectivity index (χ0n) is 43.0. The van der Waals surface area contributed by atoms with E-state index in [1.54, 1.807) is 118 Å². The fraction of sp³-hybridized carbons (Fsp3) is 0. The molecule has 14 heteroatoms.